The Morgan fingerprint density at radius 2 is 1.91 bits per heavy atom. The van der Waals surface area contributed by atoms with Gasteiger partial charge in [0, 0.05) is 31.7 Å². The molecule has 0 saturated heterocycles. The van der Waals surface area contributed by atoms with Gasteiger partial charge in [-0.15, -0.1) is 0 Å². The molecule has 1 aliphatic heterocycles. The van der Waals surface area contributed by atoms with Crippen LogP contribution in [0.25, 0.3) is 11.3 Å². The van der Waals surface area contributed by atoms with Crippen LogP contribution in [0, 0.1) is 0 Å². The van der Waals surface area contributed by atoms with Crippen molar-refractivity contribution in [2.75, 3.05) is 20.3 Å². The van der Waals surface area contributed by atoms with Gasteiger partial charge in [-0.05, 0) is 60.9 Å². The first-order chi connectivity index (χ1) is 15.8. The Labute approximate surface area is 192 Å². The van der Waals surface area contributed by atoms with E-state index in [0.717, 1.165) is 37.7 Å². The van der Waals surface area contributed by atoms with Crippen LogP contribution in [0.15, 0.2) is 27.9 Å². The molecule has 0 amide bonds. The first-order valence-corrected chi connectivity index (χ1v) is 13.0. The minimum absolute atomic E-state index is 0.101. The van der Waals surface area contributed by atoms with E-state index in [2.05, 4.69) is 0 Å². The van der Waals surface area contributed by atoms with Crippen molar-refractivity contribution in [1.29, 1.82) is 0 Å². The van der Waals surface area contributed by atoms with Crippen LogP contribution in [0.5, 0.6) is 5.75 Å². The lowest BCUT2D eigenvalue weighted by Gasteiger charge is -2.31. The molecule has 176 valence electrons. The zero-order valence-corrected chi connectivity index (χ0v) is 19.3. The standard InChI is InChI=1S/C24H27NO7S/c1-31-8-3-9-32-20-12-21-18(11-17(20)14-4-2-5-14)22-15(13-33(21,29)30)10-19(24(27)28)23(26)25(22)16-6-7-16/h10-12,14,16H,2-9,13H2,1H3,(H,27,28). The quantitative estimate of drug-likeness (QED) is 0.584. The molecule has 0 radical (unpaired) electrons. The fraction of sp³-hybridized carbons (Fsp3) is 0.500. The van der Waals surface area contributed by atoms with Crippen molar-refractivity contribution >= 4 is 15.8 Å². The van der Waals surface area contributed by atoms with Crippen LogP contribution in [-0.4, -0.2) is 44.4 Å². The SMILES string of the molecule is COCCCOc1cc2c(cc1C1CCC1)-c1c(cc(C(=O)O)c(=O)n1C1CC1)CS2(=O)=O. The Hall–Kier alpha value is -2.65. The number of nitrogens with zero attached hydrogens (tertiary/aromatic N) is 1. The zero-order valence-electron chi connectivity index (χ0n) is 18.5. The number of aromatic carboxylic acids is 1. The number of carbonyl (C=O) groups is 1. The number of rotatable bonds is 8. The highest BCUT2D eigenvalue weighted by Gasteiger charge is 2.38. The predicted octanol–water partition coefficient (Wildman–Crippen LogP) is 3.52. The fourth-order valence-corrected chi connectivity index (χ4v) is 6.35. The largest absolute Gasteiger partial charge is 0.493 e. The van der Waals surface area contributed by atoms with Gasteiger partial charge in [0.25, 0.3) is 5.56 Å². The lowest BCUT2D eigenvalue weighted by atomic mass is 9.79. The molecular formula is C24H27NO7S. The Morgan fingerprint density at radius 1 is 1.15 bits per heavy atom. The molecule has 1 aromatic carbocycles. The molecular weight excluding hydrogens is 446 g/mol. The van der Waals surface area contributed by atoms with Gasteiger partial charge < -0.3 is 19.1 Å². The van der Waals surface area contributed by atoms with Crippen LogP contribution in [0.1, 0.15) is 72.0 Å². The van der Waals surface area contributed by atoms with Gasteiger partial charge in [-0.1, -0.05) is 6.42 Å². The van der Waals surface area contributed by atoms with Gasteiger partial charge in [-0.3, -0.25) is 4.79 Å². The van der Waals surface area contributed by atoms with E-state index >= 15 is 0 Å². The zero-order chi connectivity index (χ0) is 23.3. The Bertz CT molecular complexity index is 1290. The maximum Gasteiger partial charge on any atom is 0.341 e. The van der Waals surface area contributed by atoms with E-state index in [9.17, 15) is 23.1 Å². The van der Waals surface area contributed by atoms with E-state index in [4.69, 9.17) is 9.47 Å². The number of benzene rings is 1. The van der Waals surface area contributed by atoms with E-state index < -0.39 is 21.4 Å². The molecule has 2 aliphatic carbocycles. The molecule has 33 heavy (non-hydrogen) atoms. The maximum absolute atomic E-state index is 13.3. The van der Waals surface area contributed by atoms with Gasteiger partial charge in [-0.2, -0.15) is 0 Å². The number of hydrogen-bond acceptors (Lipinski definition) is 6. The molecule has 1 N–H and O–H groups in total. The fourth-order valence-electron chi connectivity index (χ4n) is 4.79. The number of ether oxygens (including phenoxy) is 2. The normalized spacial score (nSPS) is 18.8. The average molecular weight is 474 g/mol. The van der Waals surface area contributed by atoms with E-state index in [1.54, 1.807) is 13.2 Å². The summed E-state index contributed by atoms with van der Waals surface area (Å²) in [4.78, 5) is 24.9. The summed E-state index contributed by atoms with van der Waals surface area (Å²) in [6, 6.07) is 4.63. The Balaban J connectivity index is 1.72. The average Bonchev–Trinajstić information content (AvgIpc) is 3.55. The number of methoxy groups -OCH3 is 1. The second kappa shape index (κ2) is 8.29. The van der Waals surface area contributed by atoms with E-state index in [1.165, 1.54) is 10.6 Å². The highest BCUT2D eigenvalue weighted by Crippen LogP contribution is 2.48. The van der Waals surface area contributed by atoms with Crippen molar-refractivity contribution in [3.63, 3.8) is 0 Å². The van der Waals surface area contributed by atoms with Crippen molar-refractivity contribution in [2.45, 2.75) is 61.1 Å². The van der Waals surface area contributed by atoms with Gasteiger partial charge in [0.15, 0.2) is 9.84 Å². The summed E-state index contributed by atoms with van der Waals surface area (Å²) in [6.07, 6.45) is 5.34. The van der Waals surface area contributed by atoms with E-state index in [0.29, 0.717) is 42.2 Å². The van der Waals surface area contributed by atoms with Crippen molar-refractivity contribution in [3.8, 4) is 17.0 Å². The Morgan fingerprint density at radius 3 is 2.52 bits per heavy atom. The number of carboxylic acid groups (broad SMARTS) is 1. The van der Waals surface area contributed by atoms with Gasteiger partial charge >= 0.3 is 5.97 Å². The number of sulfone groups is 1. The van der Waals surface area contributed by atoms with Crippen LogP contribution in [0.2, 0.25) is 0 Å². The minimum Gasteiger partial charge on any atom is -0.493 e. The molecule has 0 unspecified atom stereocenters. The van der Waals surface area contributed by atoms with Crippen molar-refractivity contribution in [3.05, 3.63) is 45.2 Å². The van der Waals surface area contributed by atoms with Gasteiger partial charge in [0.2, 0.25) is 0 Å². The highest BCUT2D eigenvalue weighted by atomic mass is 32.2. The molecule has 2 heterocycles. The number of fused-ring (bicyclic) bond motifs is 3. The van der Waals surface area contributed by atoms with Crippen LogP contribution in [0.3, 0.4) is 0 Å². The number of carboxylic acids is 1. The second-order valence-electron chi connectivity index (χ2n) is 9.11. The van der Waals surface area contributed by atoms with Crippen LogP contribution >= 0.6 is 0 Å². The van der Waals surface area contributed by atoms with Crippen LogP contribution in [-0.2, 0) is 20.3 Å². The van der Waals surface area contributed by atoms with Gasteiger partial charge in [0.05, 0.1) is 22.9 Å². The highest BCUT2D eigenvalue weighted by molar-refractivity contribution is 7.90. The predicted molar refractivity (Wildman–Crippen MR) is 121 cm³/mol. The van der Waals surface area contributed by atoms with Crippen molar-refractivity contribution < 1.29 is 27.8 Å². The Kier molecular flexibility index (Phi) is 5.56. The molecule has 0 atom stereocenters. The summed E-state index contributed by atoms with van der Waals surface area (Å²) in [7, 11) is -2.11. The number of hydrogen-bond donors (Lipinski definition) is 1. The van der Waals surface area contributed by atoms with Crippen molar-refractivity contribution in [2.24, 2.45) is 0 Å². The molecule has 0 spiro atoms. The topological polar surface area (TPSA) is 112 Å². The molecule has 2 saturated carbocycles. The van der Waals surface area contributed by atoms with Crippen LogP contribution < -0.4 is 10.3 Å². The smallest absolute Gasteiger partial charge is 0.341 e. The monoisotopic (exact) mass is 473 g/mol. The molecule has 9 heteroatoms. The summed E-state index contributed by atoms with van der Waals surface area (Å²) < 4.78 is 39.2. The summed E-state index contributed by atoms with van der Waals surface area (Å²) in [6.45, 7) is 0.965. The summed E-state index contributed by atoms with van der Waals surface area (Å²) in [5, 5.41) is 9.54. The molecule has 2 aromatic rings. The van der Waals surface area contributed by atoms with Crippen LogP contribution in [0.4, 0.5) is 0 Å². The molecule has 8 nitrogen and oxygen atoms in total. The third-order valence-electron chi connectivity index (χ3n) is 6.80. The van der Waals surface area contributed by atoms with Gasteiger partial charge in [-0.25, -0.2) is 13.2 Å². The maximum atomic E-state index is 13.3. The third-order valence-corrected chi connectivity index (χ3v) is 8.50. The lowest BCUT2D eigenvalue weighted by molar-refractivity contribution is 0.0694. The lowest BCUT2D eigenvalue weighted by Crippen LogP contribution is -2.31. The summed E-state index contributed by atoms with van der Waals surface area (Å²) in [5.41, 5.74) is 1.42. The third kappa shape index (κ3) is 3.87. The molecule has 5 rings (SSSR count). The number of aromatic nitrogens is 1. The first-order valence-electron chi connectivity index (χ1n) is 11.4. The molecule has 1 aromatic heterocycles. The van der Waals surface area contributed by atoms with E-state index in [1.807, 2.05) is 6.07 Å². The molecule has 2 fully saturated rings. The first kappa shape index (κ1) is 22.2. The van der Waals surface area contributed by atoms with Gasteiger partial charge in [0.1, 0.15) is 11.3 Å². The van der Waals surface area contributed by atoms with Crippen molar-refractivity contribution in [1.82, 2.24) is 4.57 Å². The summed E-state index contributed by atoms with van der Waals surface area (Å²) >= 11 is 0. The number of pyridine rings is 1. The summed E-state index contributed by atoms with van der Waals surface area (Å²) in [5.74, 6) is -0.825. The molecule has 3 aliphatic rings. The molecule has 0 bridgehead atoms. The second-order valence-corrected chi connectivity index (χ2v) is 11.1. The van der Waals surface area contributed by atoms with E-state index in [-0.39, 0.29) is 28.2 Å². The minimum atomic E-state index is -3.73.